The number of hydrogen-bond acceptors (Lipinski definition) is 2. The van der Waals surface area contributed by atoms with E-state index in [-0.39, 0.29) is 60.2 Å². The zero-order chi connectivity index (χ0) is 10.5. The van der Waals surface area contributed by atoms with E-state index in [2.05, 4.69) is 16.1 Å². The summed E-state index contributed by atoms with van der Waals surface area (Å²) in [6.07, 6.45) is 5.52. The van der Waals surface area contributed by atoms with E-state index in [9.17, 15) is 0 Å². The molecule has 0 atom stereocenters. The summed E-state index contributed by atoms with van der Waals surface area (Å²) in [7, 11) is 0. The van der Waals surface area contributed by atoms with Crippen LogP contribution in [0.5, 0.6) is 0 Å². The Hall–Kier alpha value is -0.607. The van der Waals surface area contributed by atoms with Crippen molar-refractivity contribution in [3.8, 4) is 0 Å². The largest absolute Gasteiger partial charge is 0.358 e. The zero-order valence-corrected chi connectivity index (χ0v) is 15.5. The van der Waals surface area contributed by atoms with Crippen LogP contribution in [0.15, 0.2) is 42.9 Å². The molecule has 0 bridgehead atoms. The first-order chi connectivity index (χ1) is 7.95. The molecule has 0 spiro atoms. The number of imidazole rings is 1. The molecule has 3 aromatic heterocycles. The van der Waals surface area contributed by atoms with Crippen LogP contribution in [0.25, 0.3) is 22.2 Å². The number of rotatable bonds is 0. The molecule has 96 valence electrons. The van der Waals surface area contributed by atoms with Crippen molar-refractivity contribution in [3.63, 3.8) is 0 Å². The van der Waals surface area contributed by atoms with Crippen molar-refractivity contribution >= 4 is 22.2 Å². The van der Waals surface area contributed by atoms with Gasteiger partial charge in [-0.2, -0.15) is 5.10 Å². The summed E-state index contributed by atoms with van der Waals surface area (Å²) in [5, 5.41) is 5.31. The van der Waals surface area contributed by atoms with Crippen molar-refractivity contribution in [2.24, 2.45) is 0 Å². The molecule has 6 heteroatoms. The van der Waals surface area contributed by atoms with Crippen LogP contribution in [0.3, 0.4) is 0 Å². The molecule has 0 unspecified atom stereocenters. The van der Waals surface area contributed by atoms with E-state index in [4.69, 9.17) is 0 Å². The molecular weight excluding hydrogens is 493 g/mol. The number of nitrogens with zero attached hydrogens (tertiary/aromatic N) is 4. The zero-order valence-electron chi connectivity index (χ0n) is 10.2. The van der Waals surface area contributed by atoms with E-state index < -0.39 is 0 Å². The van der Waals surface area contributed by atoms with Gasteiger partial charge in [-0.15, -0.1) is 24.3 Å². The Morgan fingerprint density at radius 2 is 2.00 bits per heavy atom. The van der Waals surface area contributed by atoms with Gasteiger partial charge in [0.05, 0.1) is 11.8 Å². The second-order valence-corrected chi connectivity index (χ2v) is 3.65. The van der Waals surface area contributed by atoms with E-state index in [0.29, 0.717) is 0 Å². The van der Waals surface area contributed by atoms with E-state index in [0.717, 1.165) is 22.2 Å². The molecule has 4 aromatic rings. The van der Waals surface area contributed by atoms with Gasteiger partial charge in [-0.05, 0) is 11.6 Å². The molecule has 19 heavy (non-hydrogen) atoms. The molecule has 0 aliphatic carbocycles. The van der Waals surface area contributed by atoms with Gasteiger partial charge in [0.25, 0.3) is 0 Å². The molecule has 0 fully saturated rings. The van der Waals surface area contributed by atoms with Crippen LogP contribution in [0.1, 0.15) is 0 Å². The van der Waals surface area contributed by atoms with Gasteiger partial charge in [0.1, 0.15) is 5.65 Å². The summed E-state index contributed by atoms with van der Waals surface area (Å²) in [4.78, 5) is 4.37. The molecule has 3 heterocycles. The molecule has 0 aliphatic rings. The smallest absolute Gasteiger partial charge is 0.124 e. The van der Waals surface area contributed by atoms with E-state index in [1.807, 2.05) is 39.4 Å². The first-order valence-electron chi connectivity index (χ1n) is 5.04. The number of fused-ring (bicyclic) bond motifs is 6. The Morgan fingerprint density at radius 3 is 2.84 bits per heavy atom. The fourth-order valence-corrected chi connectivity index (χ4v) is 2.12. The van der Waals surface area contributed by atoms with Crippen LogP contribution in [0, 0.1) is 13.5 Å². The first-order valence-corrected chi connectivity index (χ1v) is 5.04. The Labute approximate surface area is 149 Å². The summed E-state index contributed by atoms with van der Waals surface area (Å²) < 4.78 is 3.92. The third-order valence-electron chi connectivity index (χ3n) is 2.80. The van der Waals surface area contributed by atoms with Gasteiger partial charge in [-0.25, -0.2) is 0 Å². The van der Waals surface area contributed by atoms with Crippen molar-refractivity contribution in [1.29, 1.82) is 0 Å². The number of aromatic nitrogens is 4. The number of benzene rings is 1. The fraction of sp³-hybridized carbons (Fsp3) is 0. The molecule has 0 saturated heterocycles. The standard InChI is InChI=1S/C12H7N4.CH3.Ir.Y/c1-2-4-10-9(3-1)12-13-7-8-15(12)11-5-6-14-16(10)11;;;/h1-2,4-8H;1H3;;/q2*-1;;. The molecular formula is C13H10IrN4Y-2. The molecule has 0 N–H and O–H groups in total. The van der Waals surface area contributed by atoms with Gasteiger partial charge in [0, 0.05) is 65.2 Å². The third-order valence-corrected chi connectivity index (χ3v) is 2.80. The van der Waals surface area contributed by atoms with Crippen molar-refractivity contribution in [3.05, 3.63) is 56.3 Å². The SMILES string of the molecule is [CH3-].[Ir].[Y].[c-]1cccc2c1c1nccn1c1ccnn21. The third kappa shape index (κ3) is 2.29. The summed E-state index contributed by atoms with van der Waals surface area (Å²) in [6, 6.07) is 11.1. The summed E-state index contributed by atoms with van der Waals surface area (Å²) in [6.45, 7) is 0. The monoisotopic (exact) mass is 504 g/mol. The van der Waals surface area contributed by atoms with Crippen LogP contribution >= 0.6 is 0 Å². The Balaban J connectivity index is 0.000000602. The topological polar surface area (TPSA) is 34.6 Å². The van der Waals surface area contributed by atoms with E-state index in [1.165, 1.54) is 0 Å². The average Bonchev–Trinajstić information content (AvgIpc) is 2.98. The van der Waals surface area contributed by atoms with Crippen LogP contribution in [0.2, 0.25) is 0 Å². The van der Waals surface area contributed by atoms with Gasteiger partial charge >= 0.3 is 0 Å². The summed E-state index contributed by atoms with van der Waals surface area (Å²) in [5.41, 5.74) is 2.96. The van der Waals surface area contributed by atoms with Crippen molar-refractivity contribution < 1.29 is 52.8 Å². The quantitative estimate of drug-likeness (QED) is 0.346. The van der Waals surface area contributed by atoms with Gasteiger partial charge in [0.15, 0.2) is 0 Å². The van der Waals surface area contributed by atoms with Gasteiger partial charge < -0.3 is 11.8 Å². The summed E-state index contributed by atoms with van der Waals surface area (Å²) >= 11 is 0. The molecule has 2 radical (unpaired) electrons. The predicted molar refractivity (Wildman–Crippen MR) is 66.7 cm³/mol. The van der Waals surface area contributed by atoms with E-state index >= 15 is 0 Å². The molecule has 0 amide bonds. The van der Waals surface area contributed by atoms with Crippen LogP contribution in [0.4, 0.5) is 0 Å². The molecule has 4 rings (SSSR count). The minimum absolute atomic E-state index is 0. The molecule has 0 saturated carbocycles. The minimum Gasteiger partial charge on any atom is -0.358 e. The Kier molecular flexibility index (Phi) is 5.39. The fourth-order valence-electron chi connectivity index (χ4n) is 2.12. The van der Waals surface area contributed by atoms with Crippen molar-refractivity contribution in [2.75, 3.05) is 0 Å². The predicted octanol–water partition coefficient (Wildman–Crippen LogP) is 2.38. The second-order valence-electron chi connectivity index (χ2n) is 3.65. The normalized spacial score (nSPS) is 9.89. The Bertz CT molecular complexity index is 752. The van der Waals surface area contributed by atoms with Gasteiger partial charge in [-0.1, -0.05) is 5.39 Å². The van der Waals surface area contributed by atoms with Crippen molar-refractivity contribution in [1.82, 2.24) is 19.0 Å². The first kappa shape index (κ1) is 16.4. The maximum atomic E-state index is 4.37. The minimum atomic E-state index is 0. The van der Waals surface area contributed by atoms with Crippen LogP contribution < -0.4 is 0 Å². The van der Waals surface area contributed by atoms with Gasteiger partial charge in [0.2, 0.25) is 0 Å². The van der Waals surface area contributed by atoms with Crippen LogP contribution in [-0.4, -0.2) is 19.0 Å². The number of hydrogen-bond donors (Lipinski definition) is 0. The maximum absolute atomic E-state index is 4.37. The average molecular weight is 503 g/mol. The molecule has 4 nitrogen and oxygen atoms in total. The van der Waals surface area contributed by atoms with E-state index in [1.54, 1.807) is 12.4 Å². The second kappa shape index (κ2) is 6.23. The molecule has 1 aromatic carbocycles. The molecule has 0 aliphatic heterocycles. The Morgan fingerprint density at radius 1 is 1.16 bits per heavy atom. The van der Waals surface area contributed by atoms with Gasteiger partial charge in [-0.3, -0.25) is 9.50 Å². The van der Waals surface area contributed by atoms with Crippen molar-refractivity contribution in [2.45, 2.75) is 0 Å². The summed E-state index contributed by atoms with van der Waals surface area (Å²) in [5.74, 6) is 0. The maximum Gasteiger partial charge on any atom is 0.124 e. The van der Waals surface area contributed by atoms with Crippen LogP contribution in [-0.2, 0) is 52.8 Å².